The quantitative estimate of drug-likeness (QED) is 0.737. The van der Waals surface area contributed by atoms with E-state index < -0.39 is 25.3 Å². The molecule has 0 rings (SSSR count). The number of hydrogen-bond donors (Lipinski definition) is 1. The molecule has 0 aliphatic heterocycles. The first kappa shape index (κ1) is 18.2. The Morgan fingerprint density at radius 1 is 1.32 bits per heavy atom. The van der Waals surface area contributed by atoms with Gasteiger partial charge in [-0.15, -0.1) is 0 Å². The first-order valence-corrected chi connectivity index (χ1v) is 6.18. The number of amides is 1. The molecular weight excluding hydrogens is 261 g/mol. The van der Waals surface area contributed by atoms with Gasteiger partial charge in [0.2, 0.25) is 5.91 Å². The summed E-state index contributed by atoms with van der Waals surface area (Å²) in [4.78, 5) is 13.4. The number of halogens is 3. The Morgan fingerprint density at radius 3 is 2.32 bits per heavy atom. The Morgan fingerprint density at radius 2 is 1.89 bits per heavy atom. The molecule has 0 spiro atoms. The Hall–Kier alpha value is -0.820. The molecule has 0 saturated carbocycles. The minimum absolute atomic E-state index is 0.0861. The lowest BCUT2D eigenvalue weighted by atomic mass is 10.0. The fourth-order valence-corrected chi connectivity index (χ4v) is 1.72. The minimum atomic E-state index is -4.40. The van der Waals surface area contributed by atoms with Crippen molar-refractivity contribution >= 4 is 5.91 Å². The van der Waals surface area contributed by atoms with Crippen molar-refractivity contribution in [1.29, 1.82) is 0 Å². The molecule has 0 fully saturated rings. The number of rotatable bonds is 8. The molecule has 1 unspecified atom stereocenters. The second-order valence-electron chi connectivity index (χ2n) is 5.26. The first-order valence-electron chi connectivity index (χ1n) is 6.18. The number of nitrogens with zero attached hydrogens (tertiary/aromatic N) is 1. The molecule has 0 aromatic heterocycles. The van der Waals surface area contributed by atoms with Crippen LogP contribution in [0.15, 0.2) is 0 Å². The molecule has 0 saturated heterocycles. The molecule has 0 aromatic carbocycles. The SMILES string of the molecule is CC(C)CC(CN(C)C)NC(=O)COCC(F)(F)F. The third-order valence-electron chi connectivity index (χ3n) is 2.21. The number of hydrogen-bond acceptors (Lipinski definition) is 3. The number of ether oxygens (including phenoxy) is 1. The third-order valence-corrected chi connectivity index (χ3v) is 2.21. The van der Waals surface area contributed by atoms with Crippen LogP contribution in [0.25, 0.3) is 0 Å². The topological polar surface area (TPSA) is 41.6 Å². The molecule has 0 aliphatic rings. The molecule has 0 bridgehead atoms. The van der Waals surface area contributed by atoms with Crippen LogP contribution in [0, 0.1) is 5.92 Å². The molecule has 0 aliphatic carbocycles. The van der Waals surface area contributed by atoms with Crippen LogP contribution in [0.4, 0.5) is 13.2 Å². The van der Waals surface area contributed by atoms with Gasteiger partial charge in [-0.2, -0.15) is 13.2 Å². The molecule has 1 N–H and O–H groups in total. The summed E-state index contributed by atoms with van der Waals surface area (Å²) in [5.41, 5.74) is 0. The lowest BCUT2D eigenvalue weighted by molar-refractivity contribution is -0.175. The van der Waals surface area contributed by atoms with Gasteiger partial charge in [-0.05, 0) is 26.4 Å². The molecule has 114 valence electrons. The van der Waals surface area contributed by atoms with Crippen LogP contribution in [0.5, 0.6) is 0 Å². The van der Waals surface area contributed by atoms with Gasteiger partial charge in [-0.25, -0.2) is 0 Å². The van der Waals surface area contributed by atoms with Gasteiger partial charge in [0, 0.05) is 12.6 Å². The van der Waals surface area contributed by atoms with E-state index in [4.69, 9.17) is 0 Å². The number of nitrogens with one attached hydrogen (secondary N) is 1. The molecular formula is C12H23F3N2O2. The summed E-state index contributed by atoms with van der Waals surface area (Å²) in [7, 11) is 3.75. The van der Waals surface area contributed by atoms with E-state index in [9.17, 15) is 18.0 Å². The minimum Gasteiger partial charge on any atom is -0.362 e. The van der Waals surface area contributed by atoms with E-state index >= 15 is 0 Å². The Labute approximate surface area is 112 Å². The zero-order valence-corrected chi connectivity index (χ0v) is 11.9. The van der Waals surface area contributed by atoms with E-state index in [1.54, 1.807) is 0 Å². The van der Waals surface area contributed by atoms with Crippen molar-refractivity contribution in [3.63, 3.8) is 0 Å². The number of carbonyl (C=O) groups excluding carboxylic acids is 1. The summed E-state index contributed by atoms with van der Waals surface area (Å²) in [6.07, 6.45) is -3.63. The van der Waals surface area contributed by atoms with E-state index in [2.05, 4.69) is 10.1 Å². The summed E-state index contributed by atoms with van der Waals surface area (Å²) in [5, 5.41) is 2.69. The van der Waals surface area contributed by atoms with Gasteiger partial charge in [0.25, 0.3) is 0 Å². The van der Waals surface area contributed by atoms with E-state index in [1.165, 1.54) is 0 Å². The van der Waals surface area contributed by atoms with Gasteiger partial charge < -0.3 is 15.0 Å². The van der Waals surface area contributed by atoms with Crippen molar-refractivity contribution in [3.05, 3.63) is 0 Å². The van der Waals surface area contributed by atoms with Gasteiger partial charge >= 0.3 is 6.18 Å². The summed E-state index contributed by atoms with van der Waals surface area (Å²) >= 11 is 0. The van der Waals surface area contributed by atoms with Crippen LogP contribution in [-0.4, -0.2) is 56.9 Å². The van der Waals surface area contributed by atoms with Gasteiger partial charge in [0.1, 0.15) is 13.2 Å². The standard InChI is InChI=1S/C12H23F3N2O2/c1-9(2)5-10(6-17(3)4)16-11(18)7-19-8-12(13,14)15/h9-10H,5-8H2,1-4H3,(H,16,18). The zero-order chi connectivity index (χ0) is 15.1. The zero-order valence-electron chi connectivity index (χ0n) is 11.9. The maximum atomic E-state index is 11.8. The van der Waals surface area contributed by atoms with Crippen LogP contribution in [0.2, 0.25) is 0 Å². The molecule has 0 aromatic rings. The predicted molar refractivity (Wildman–Crippen MR) is 66.8 cm³/mol. The fraction of sp³-hybridized carbons (Fsp3) is 0.917. The number of carbonyl (C=O) groups is 1. The predicted octanol–water partition coefficient (Wildman–Crippen LogP) is 1.66. The van der Waals surface area contributed by atoms with Crippen molar-refractivity contribution in [2.24, 2.45) is 5.92 Å². The van der Waals surface area contributed by atoms with Crippen molar-refractivity contribution in [2.45, 2.75) is 32.5 Å². The monoisotopic (exact) mass is 284 g/mol. The maximum Gasteiger partial charge on any atom is 0.411 e. The highest BCUT2D eigenvalue weighted by atomic mass is 19.4. The summed E-state index contributed by atoms with van der Waals surface area (Å²) in [6, 6.07) is -0.0861. The largest absolute Gasteiger partial charge is 0.411 e. The normalized spacial score (nSPS) is 13.9. The van der Waals surface area contributed by atoms with E-state index in [0.717, 1.165) is 6.42 Å². The van der Waals surface area contributed by atoms with Crippen molar-refractivity contribution < 1.29 is 22.7 Å². The second kappa shape index (κ2) is 8.37. The Kier molecular flexibility index (Phi) is 8.01. The number of likely N-dealkylation sites (N-methyl/N-ethyl adjacent to an activating group) is 1. The highest BCUT2D eigenvalue weighted by Gasteiger charge is 2.28. The summed E-state index contributed by atoms with van der Waals surface area (Å²) < 4.78 is 39.9. The molecule has 1 amide bonds. The molecule has 7 heteroatoms. The third kappa shape index (κ3) is 12.0. The van der Waals surface area contributed by atoms with Crippen molar-refractivity contribution in [1.82, 2.24) is 10.2 Å². The van der Waals surface area contributed by atoms with Gasteiger partial charge in [0.15, 0.2) is 0 Å². The Bertz CT molecular complexity index is 258. The fourth-order valence-electron chi connectivity index (χ4n) is 1.72. The van der Waals surface area contributed by atoms with Crippen LogP contribution < -0.4 is 5.32 Å². The molecule has 4 nitrogen and oxygen atoms in total. The average Bonchev–Trinajstić information content (AvgIpc) is 2.12. The van der Waals surface area contributed by atoms with E-state index in [-0.39, 0.29) is 6.04 Å². The smallest absolute Gasteiger partial charge is 0.362 e. The van der Waals surface area contributed by atoms with Gasteiger partial charge in [0.05, 0.1) is 0 Å². The molecule has 0 heterocycles. The first-order chi connectivity index (χ1) is 8.60. The van der Waals surface area contributed by atoms with Gasteiger partial charge in [-0.1, -0.05) is 13.8 Å². The highest BCUT2D eigenvalue weighted by molar-refractivity contribution is 5.77. The number of alkyl halides is 3. The van der Waals surface area contributed by atoms with E-state index in [0.29, 0.717) is 12.5 Å². The molecule has 0 radical (unpaired) electrons. The lowest BCUT2D eigenvalue weighted by Crippen LogP contribution is -2.44. The summed E-state index contributed by atoms with van der Waals surface area (Å²) in [6.45, 7) is 2.72. The second-order valence-corrected chi connectivity index (χ2v) is 5.26. The highest BCUT2D eigenvalue weighted by Crippen LogP contribution is 2.14. The van der Waals surface area contributed by atoms with Crippen LogP contribution in [0.3, 0.4) is 0 Å². The molecule has 1 atom stereocenters. The lowest BCUT2D eigenvalue weighted by Gasteiger charge is -2.24. The van der Waals surface area contributed by atoms with Crippen LogP contribution >= 0.6 is 0 Å². The van der Waals surface area contributed by atoms with Crippen LogP contribution in [-0.2, 0) is 9.53 Å². The van der Waals surface area contributed by atoms with Crippen molar-refractivity contribution in [3.8, 4) is 0 Å². The molecule has 19 heavy (non-hydrogen) atoms. The average molecular weight is 284 g/mol. The Balaban J connectivity index is 4.08. The summed E-state index contributed by atoms with van der Waals surface area (Å²) in [5.74, 6) is -0.127. The maximum absolute atomic E-state index is 11.8. The van der Waals surface area contributed by atoms with Crippen molar-refractivity contribution in [2.75, 3.05) is 33.9 Å². The van der Waals surface area contributed by atoms with Gasteiger partial charge in [-0.3, -0.25) is 4.79 Å². The van der Waals surface area contributed by atoms with Crippen LogP contribution in [0.1, 0.15) is 20.3 Å². The van der Waals surface area contributed by atoms with E-state index in [1.807, 2.05) is 32.8 Å².